The molecule has 0 aromatic heterocycles. The molecule has 4 aromatic rings. The molecule has 0 spiro atoms. The van der Waals surface area contributed by atoms with Crippen molar-refractivity contribution in [3.63, 3.8) is 0 Å². The average molecular weight is 230 g/mol. The largest absolute Gasteiger partial charge is 0.0610 e. The van der Waals surface area contributed by atoms with Gasteiger partial charge in [0.05, 0.1) is 0 Å². The van der Waals surface area contributed by atoms with Crippen LogP contribution in [-0.2, 0) is 0 Å². The third kappa shape index (κ3) is 1.15. The van der Waals surface area contributed by atoms with Gasteiger partial charge in [-0.05, 0) is 57.3 Å². The van der Waals surface area contributed by atoms with Crippen LogP contribution in [0.15, 0.2) is 48.5 Å². The van der Waals surface area contributed by atoms with Crippen molar-refractivity contribution in [1.82, 2.24) is 0 Å². The van der Waals surface area contributed by atoms with E-state index in [-0.39, 0.29) is 0 Å². The Kier molecular flexibility index (Phi) is 1.78. The van der Waals surface area contributed by atoms with Gasteiger partial charge in [0.15, 0.2) is 0 Å². The predicted octanol–water partition coefficient (Wildman–Crippen LogP) is 5.20. The fraction of sp³-hybridized carbons (Fsp3) is 0.111. The average Bonchev–Trinajstić information content (AvgIpc) is 2.36. The van der Waals surface area contributed by atoms with Gasteiger partial charge in [-0.3, -0.25) is 0 Å². The zero-order valence-corrected chi connectivity index (χ0v) is 10.6. The molecule has 0 heteroatoms. The summed E-state index contributed by atoms with van der Waals surface area (Å²) in [6.45, 7) is 4.38. The molecule has 0 aliphatic carbocycles. The molecule has 0 atom stereocenters. The molecular weight excluding hydrogens is 216 g/mol. The van der Waals surface area contributed by atoms with Gasteiger partial charge in [-0.2, -0.15) is 0 Å². The highest BCUT2D eigenvalue weighted by molar-refractivity contribution is 6.23. The van der Waals surface area contributed by atoms with E-state index in [0.717, 1.165) is 0 Å². The Hall–Kier alpha value is -2.08. The van der Waals surface area contributed by atoms with Crippen molar-refractivity contribution >= 4 is 32.3 Å². The minimum absolute atomic E-state index is 1.33. The highest BCUT2D eigenvalue weighted by Crippen LogP contribution is 2.36. The maximum absolute atomic E-state index is 2.32. The highest BCUT2D eigenvalue weighted by Gasteiger charge is 2.09. The van der Waals surface area contributed by atoms with Crippen LogP contribution in [0.3, 0.4) is 0 Å². The van der Waals surface area contributed by atoms with Crippen molar-refractivity contribution in [3.8, 4) is 0 Å². The topological polar surface area (TPSA) is 0 Å². The second kappa shape index (κ2) is 3.23. The lowest BCUT2D eigenvalue weighted by Crippen LogP contribution is -1.87. The second-order valence-corrected chi connectivity index (χ2v) is 5.25. The van der Waals surface area contributed by atoms with E-state index in [4.69, 9.17) is 0 Å². The molecule has 4 rings (SSSR count). The van der Waals surface area contributed by atoms with Gasteiger partial charge in [0, 0.05) is 0 Å². The Morgan fingerprint density at radius 1 is 0.667 bits per heavy atom. The van der Waals surface area contributed by atoms with Gasteiger partial charge in [-0.25, -0.2) is 0 Å². The Balaban J connectivity index is 2.46. The molecule has 0 radical (unpaired) electrons. The van der Waals surface area contributed by atoms with Gasteiger partial charge in [0.2, 0.25) is 0 Å². The molecule has 0 heterocycles. The maximum Gasteiger partial charge on any atom is -0.00241 e. The van der Waals surface area contributed by atoms with Crippen molar-refractivity contribution in [2.24, 2.45) is 0 Å². The number of hydrogen-bond acceptors (Lipinski definition) is 0. The zero-order chi connectivity index (χ0) is 12.3. The second-order valence-electron chi connectivity index (χ2n) is 5.25. The number of aryl methyl sites for hydroxylation is 2. The standard InChI is InChI=1S/C18H14/c1-11-8-14-7-6-13-4-3-5-16-12(2)10-15(9-11)17(14)18(13)16/h3-10H,1-2H3. The third-order valence-electron chi connectivity index (χ3n) is 3.93. The minimum atomic E-state index is 1.33. The first-order valence-corrected chi connectivity index (χ1v) is 6.39. The summed E-state index contributed by atoms with van der Waals surface area (Å²) >= 11 is 0. The van der Waals surface area contributed by atoms with Crippen LogP contribution in [0.1, 0.15) is 11.1 Å². The molecule has 0 amide bonds. The molecule has 0 unspecified atom stereocenters. The highest BCUT2D eigenvalue weighted by atomic mass is 14.1. The van der Waals surface area contributed by atoms with Crippen LogP contribution in [0, 0.1) is 13.8 Å². The van der Waals surface area contributed by atoms with Gasteiger partial charge < -0.3 is 0 Å². The van der Waals surface area contributed by atoms with Crippen LogP contribution in [0.5, 0.6) is 0 Å². The van der Waals surface area contributed by atoms with Gasteiger partial charge in [0.1, 0.15) is 0 Å². The van der Waals surface area contributed by atoms with E-state index in [1.165, 1.54) is 43.4 Å². The molecule has 0 fully saturated rings. The van der Waals surface area contributed by atoms with E-state index in [1.54, 1.807) is 0 Å². The molecular formula is C18H14. The van der Waals surface area contributed by atoms with Crippen molar-refractivity contribution in [2.45, 2.75) is 13.8 Å². The molecule has 18 heavy (non-hydrogen) atoms. The number of benzene rings is 4. The summed E-state index contributed by atoms with van der Waals surface area (Å²) < 4.78 is 0. The predicted molar refractivity (Wildman–Crippen MR) is 79.6 cm³/mol. The molecule has 0 aliphatic heterocycles. The van der Waals surface area contributed by atoms with Gasteiger partial charge in [0.25, 0.3) is 0 Å². The lowest BCUT2D eigenvalue weighted by atomic mass is 9.91. The monoisotopic (exact) mass is 230 g/mol. The SMILES string of the molecule is Cc1cc2ccc3cccc4c(C)cc(c1)c2c34. The normalized spacial score (nSPS) is 11.9. The van der Waals surface area contributed by atoms with E-state index >= 15 is 0 Å². The molecule has 86 valence electrons. The molecule has 0 bridgehead atoms. The summed E-state index contributed by atoms with van der Waals surface area (Å²) in [5.74, 6) is 0. The summed E-state index contributed by atoms with van der Waals surface area (Å²) in [6.07, 6.45) is 0. The summed E-state index contributed by atoms with van der Waals surface area (Å²) in [5, 5.41) is 8.29. The lowest BCUT2D eigenvalue weighted by Gasteiger charge is -2.13. The van der Waals surface area contributed by atoms with E-state index in [0.29, 0.717) is 0 Å². The smallest absolute Gasteiger partial charge is 0.00241 e. The van der Waals surface area contributed by atoms with Crippen molar-refractivity contribution in [3.05, 3.63) is 59.7 Å². The Morgan fingerprint density at radius 2 is 1.44 bits per heavy atom. The summed E-state index contributed by atoms with van der Waals surface area (Å²) in [5.41, 5.74) is 2.70. The summed E-state index contributed by atoms with van der Waals surface area (Å²) in [7, 11) is 0. The zero-order valence-electron chi connectivity index (χ0n) is 10.6. The Bertz CT molecular complexity index is 884. The minimum Gasteiger partial charge on any atom is -0.0610 e. The first-order chi connectivity index (χ1) is 8.74. The van der Waals surface area contributed by atoms with E-state index in [9.17, 15) is 0 Å². The Labute approximate surface area is 106 Å². The summed E-state index contributed by atoms with van der Waals surface area (Å²) in [6, 6.07) is 18.0. The van der Waals surface area contributed by atoms with Gasteiger partial charge >= 0.3 is 0 Å². The van der Waals surface area contributed by atoms with Crippen LogP contribution in [0.25, 0.3) is 32.3 Å². The molecule has 0 aliphatic rings. The van der Waals surface area contributed by atoms with E-state index in [1.807, 2.05) is 0 Å². The fourth-order valence-corrected chi connectivity index (χ4v) is 3.18. The first kappa shape index (κ1) is 9.90. The van der Waals surface area contributed by atoms with Crippen LogP contribution in [-0.4, -0.2) is 0 Å². The van der Waals surface area contributed by atoms with E-state index < -0.39 is 0 Å². The Morgan fingerprint density at radius 3 is 2.33 bits per heavy atom. The van der Waals surface area contributed by atoms with Crippen LogP contribution in [0.2, 0.25) is 0 Å². The first-order valence-electron chi connectivity index (χ1n) is 6.39. The van der Waals surface area contributed by atoms with Crippen molar-refractivity contribution in [2.75, 3.05) is 0 Å². The van der Waals surface area contributed by atoms with Crippen LogP contribution < -0.4 is 0 Å². The van der Waals surface area contributed by atoms with Crippen molar-refractivity contribution in [1.29, 1.82) is 0 Å². The molecule has 0 saturated heterocycles. The van der Waals surface area contributed by atoms with Gasteiger partial charge in [-0.15, -0.1) is 0 Å². The maximum atomic E-state index is 2.32. The lowest BCUT2D eigenvalue weighted by molar-refractivity contribution is 1.51. The number of rotatable bonds is 0. The molecule has 0 saturated carbocycles. The van der Waals surface area contributed by atoms with Crippen molar-refractivity contribution < 1.29 is 0 Å². The van der Waals surface area contributed by atoms with E-state index in [2.05, 4.69) is 62.4 Å². The fourth-order valence-electron chi connectivity index (χ4n) is 3.18. The van der Waals surface area contributed by atoms with Gasteiger partial charge in [-0.1, -0.05) is 48.5 Å². The number of hydrogen-bond donors (Lipinski definition) is 0. The molecule has 4 aromatic carbocycles. The molecule has 0 N–H and O–H groups in total. The molecule has 0 nitrogen and oxygen atoms in total. The van der Waals surface area contributed by atoms with Crippen LogP contribution in [0.4, 0.5) is 0 Å². The quantitative estimate of drug-likeness (QED) is 0.364. The summed E-state index contributed by atoms with van der Waals surface area (Å²) in [4.78, 5) is 0. The van der Waals surface area contributed by atoms with Crippen LogP contribution >= 0.6 is 0 Å². The third-order valence-corrected chi connectivity index (χ3v) is 3.93.